The van der Waals surface area contributed by atoms with Crippen LogP contribution in [0.1, 0.15) is 23.3 Å². The highest BCUT2D eigenvalue weighted by Crippen LogP contribution is 2.00. The van der Waals surface area contributed by atoms with Crippen LogP contribution in [0.4, 0.5) is 0 Å². The highest BCUT2D eigenvalue weighted by atomic mass is 16.5. The Labute approximate surface area is 129 Å². The maximum Gasteiger partial charge on any atom is 0.354 e. The molecule has 2 heterocycles. The average molecular weight is 310 g/mol. The van der Waals surface area contributed by atoms with Crippen LogP contribution in [0, 0.1) is 0 Å². The van der Waals surface area contributed by atoms with Gasteiger partial charge >= 0.3 is 5.97 Å². The second-order valence-electron chi connectivity index (χ2n) is 5.15. The number of nitrogens with one attached hydrogen (secondary N) is 1. The predicted molar refractivity (Wildman–Crippen MR) is 78.7 cm³/mol. The molecule has 0 unspecified atom stereocenters. The monoisotopic (exact) mass is 310 g/mol. The fourth-order valence-electron chi connectivity index (χ4n) is 2.34. The second-order valence-corrected chi connectivity index (χ2v) is 5.15. The summed E-state index contributed by atoms with van der Waals surface area (Å²) in [6.45, 7) is 5.30. The molecule has 2 N–H and O–H groups in total. The number of carbonyl (C=O) groups is 2. The van der Waals surface area contributed by atoms with E-state index < -0.39 is 5.97 Å². The van der Waals surface area contributed by atoms with E-state index in [0.29, 0.717) is 6.54 Å². The zero-order valence-electron chi connectivity index (χ0n) is 12.5. The van der Waals surface area contributed by atoms with Gasteiger partial charge in [0.1, 0.15) is 5.69 Å². The third-order valence-electron chi connectivity index (χ3n) is 3.56. The van der Waals surface area contributed by atoms with Crippen LogP contribution in [-0.4, -0.2) is 71.1 Å². The fraction of sp³-hybridized carbons (Fsp3) is 0.643. The van der Waals surface area contributed by atoms with E-state index in [1.54, 1.807) is 0 Å². The van der Waals surface area contributed by atoms with E-state index in [1.807, 2.05) is 0 Å². The molecule has 0 bridgehead atoms. The fourth-order valence-corrected chi connectivity index (χ4v) is 2.34. The van der Waals surface area contributed by atoms with Crippen LogP contribution in [-0.2, 0) is 16.1 Å². The van der Waals surface area contributed by atoms with Gasteiger partial charge in [0.25, 0.3) is 0 Å². The summed E-state index contributed by atoms with van der Waals surface area (Å²) in [5, 5.41) is 15.7. The number of amides is 1. The lowest BCUT2D eigenvalue weighted by atomic mass is 10.3. The van der Waals surface area contributed by atoms with Crippen molar-refractivity contribution in [2.75, 3.05) is 39.4 Å². The van der Waals surface area contributed by atoms with Crippen molar-refractivity contribution < 1.29 is 19.4 Å². The molecule has 22 heavy (non-hydrogen) atoms. The minimum atomic E-state index is -1.04. The lowest BCUT2D eigenvalue weighted by Crippen LogP contribution is -2.38. The molecule has 122 valence electrons. The minimum Gasteiger partial charge on any atom is -0.477 e. The predicted octanol–water partition coefficient (Wildman–Crippen LogP) is -0.190. The molecule has 2 rings (SSSR count). The average Bonchev–Trinajstić information content (AvgIpc) is 2.99. The van der Waals surface area contributed by atoms with Crippen molar-refractivity contribution in [3.05, 3.63) is 18.0 Å². The lowest BCUT2D eigenvalue weighted by Gasteiger charge is -2.26. The van der Waals surface area contributed by atoms with Crippen LogP contribution in [0.2, 0.25) is 0 Å². The molecule has 1 aromatic heterocycles. The number of ether oxygens (including phenoxy) is 1. The Kier molecular flexibility index (Phi) is 6.35. The second kappa shape index (κ2) is 8.50. The number of carboxylic acids is 1. The summed E-state index contributed by atoms with van der Waals surface area (Å²) in [6.07, 6.45) is 2.54. The van der Waals surface area contributed by atoms with E-state index in [4.69, 9.17) is 9.84 Å². The zero-order chi connectivity index (χ0) is 15.8. The van der Waals surface area contributed by atoms with Gasteiger partial charge in [-0.15, -0.1) is 0 Å². The van der Waals surface area contributed by atoms with E-state index in [1.165, 1.54) is 16.9 Å². The van der Waals surface area contributed by atoms with Gasteiger partial charge in [0, 0.05) is 32.3 Å². The molecule has 0 aromatic carbocycles. The van der Waals surface area contributed by atoms with Crippen molar-refractivity contribution in [1.29, 1.82) is 0 Å². The summed E-state index contributed by atoms with van der Waals surface area (Å²) in [5.74, 6) is -1.13. The van der Waals surface area contributed by atoms with Gasteiger partial charge < -0.3 is 15.2 Å². The molecule has 0 aliphatic carbocycles. The lowest BCUT2D eigenvalue weighted by molar-refractivity contribution is -0.121. The number of aromatic carboxylic acids is 1. The van der Waals surface area contributed by atoms with E-state index in [0.717, 1.165) is 39.3 Å². The Morgan fingerprint density at radius 1 is 1.32 bits per heavy atom. The molecule has 1 aliphatic rings. The summed E-state index contributed by atoms with van der Waals surface area (Å²) in [6, 6.07) is 1.42. The van der Waals surface area contributed by atoms with Crippen LogP contribution >= 0.6 is 0 Å². The quantitative estimate of drug-likeness (QED) is 0.646. The number of hydrogen-bond donors (Lipinski definition) is 2. The summed E-state index contributed by atoms with van der Waals surface area (Å²) < 4.78 is 6.61. The van der Waals surface area contributed by atoms with E-state index in [2.05, 4.69) is 15.3 Å². The Bertz CT molecular complexity index is 497. The van der Waals surface area contributed by atoms with Gasteiger partial charge in [0.2, 0.25) is 5.91 Å². The Hall–Kier alpha value is -1.93. The number of carboxylic acid groups (broad SMARTS) is 1. The van der Waals surface area contributed by atoms with E-state index in [9.17, 15) is 9.59 Å². The van der Waals surface area contributed by atoms with Crippen LogP contribution in [0.25, 0.3) is 0 Å². The summed E-state index contributed by atoms with van der Waals surface area (Å²) >= 11 is 0. The van der Waals surface area contributed by atoms with Crippen molar-refractivity contribution in [2.24, 2.45) is 0 Å². The van der Waals surface area contributed by atoms with Gasteiger partial charge in [-0.2, -0.15) is 5.10 Å². The smallest absolute Gasteiger partial charge is 0.354 e. The Morgan fingerprint density at radius 2 is 2.09 bits per heavy atom. The molecule has 8 heteroatoms. The molecule has 1 aromatic rings. The first-order valence-electron chi connectivity index (χ1n) is 7.49. The van der Waals surface area contributed by atoms with Crippen molar-refractivity contribution in [2.45, 2.75) is 19.4 Å². The number of carbonyl (C=O) groups excluding carboxylic acids is 1. The standard InChI is InChI=1S/C14H22N4O4/c19-13(3-7-18-12(14(20)21)2-5-16-18)15-4-1-6-17-8-10-22-11-9-17/h2,5H,1,3-4,6-11H2,(H,15,19)(H,20,21). The van der Waals surface area contributed by atoms with Gasteiger partial charge in [-0.1, -0.05) is 0 Å². The highest BCUT2D eigenvalue weighted by Gasteiger charge is 2.12. The first-order valence-corrected chi connectivity index (χ1v) is 7.49. The molecule has 0 atom stereocenters. The van der Waals surface area contributed by atoms with E-state index >= 15 is 0 Å². The van der Waals surface area contributed by atoms with Gasteiger partial charge in [0.05, 0.1) is 19.8 Å². The van der Waals surface area contributed by atoms with Crippen LogP contribution in [0.3, 0.4) is 0 Å². The third-order valence-corrected chi connectivity index (χ3v) is 3.56. The molecule has 1 aliphatic heterocycles. The Balaban J connectivity index is 1.59. The minimum absolute atomic E-state index is 0.0891. The maximum absolute atomic E-state index is 11.7. The van der Waals surface area contributed by atoms with Crippen molar-refractivity contribution >= 4 is 11.9 Å². The molecule has 0 spiro atoms. The first-order chi connectivity index (χ1) is 10.7. The summed E-state index contributed by atoms with van der Waals surface area (Å²) in [4.78, 5) is 25.0. The largest absolute Gasteiger partial charge is 0.477 e. The van der Waals surface area contributed by atoms with E-state index in [-0.39, 0.29) is 24.6 Å². The number of rotatable bonds is 8. The molecule has 0 saturated carbocycles. The van der Waals surface area contributed by atoms with Crippen molar-refractivity contribution in [3.8, 4) is 0 Å². The summed E-state index contributed by atoms with van der Waals surface area (Å²) in [7, 11) is 0. The van der Waals surface area contributed by atoms with Crippen molar-refractivity contribution in [1.82, 2.24) is 20.0 Å². The number of aromatic nitrogens is 2. The molecule has 1 fully saturated rings. The van der Waals surface area contributed by atoms with Gasteiger partial charge in [-0.25, -0.2) is 4.79 Å². The molecule has 1 amide bonds. The van der Waals surface area contributed by atoms with Gasteiger partial charge in [-0.05, 0) is 19.0 Å². The topological polar surface area (TPSA) is 96.7 Å². The molecule has 8 nitrogen and oxygen atoms in total. The van der Waals surface area contributed by atoms with Crippen LogP contribution < -0.4 is 5.32 Å². The zero-order valence-corrected chi connectivity index (χ0v) is 12.5. The van der Waals surface area contributed by atoms with Gasteiger partial charge in [0.15, 0.2) is 0 Å². The number of morpholine rings is 1. The number of aryl methyl sites for hydroxylation is 1. The summed E-state index contributed by atoms with van der Waals surface area (Å²) in [5.41, 5.74) is 0.0973. The van der Waals surface area contributed by atoms with Crippen molar-refractivity contribution in [3.63, 3.8) is 0 Å². The SMILES string of the molecule is O=C(CCn1nccc1C(=O)O)NCCCN1CCOCC1. The first kappa shape index (κ1) is 16.4. The highest BCUT2D eigenvalue weighted by molar-refractivity contribution is 5.85. The third kappa shape index (κ3) is 5.12. The molecule has 1 saturated heterocycles. The number of hydrogen-bond acceptors (Lipinski definition) is 5. The molecular formula is C14H22N4O4. The molecular weight excluding hydrogens is 288 g/mol. The van der Waals surface area contributed by atoms with Gasteiger partial charge in [-0.3, -0.25) is 14.4 Å². The maximum atomic E-state index is 11.7. The molecule has 0 radical (unpaired) electrons. The van der Waals surface area contributed by atoms with Crippen LogP contribution in [0.15, 0.2) is 12.3 Å². The Morgan fingerprint density at radius 3 is 2.82 bits per heavy atom. The normalized spacial score (nSPS) is 15.6. The number of nitrogens with zero attached hydrogens (tertiary/aromatic N) is 3. The van der Waals surface area contributed by atoms with Crippen LogP contribution in [0.5, 0.6) is 0 Å².